The lowest BCUT2D eigenvalue weighted by molar-refractivity contribution is 0.0600. The first kappa shape index (κ1) is 26.4. The first-order valence-corrected chi connectivity index (χ1v) is 14.1. The second-order valence-electron chi connectivity index (χ2n) is 9.05. The predicted molar refractivity (Wildman–Crippen MR) is 126 cm³/mol. The van der Waals surface area contributed by atoms with Crippen LogP contribution in [0.1, 0.15) is 49.5 Å². The fourth-order valence-electron chi connectivity index (χ4n) is 2.70. The number of hydrogen-bond donors (Lipinski definition) is 0. The highest BCUT2D eigenvalue weighted by molar-refractivity contribution is 9.10. The number of esters is 1. The van der Waals surface area contributed by atoms with Gasteiger partial charge in [0.1, 0.15) is 5.82 Å². The predicted octanol–water partition coefficient (Wildman–Crippen LogP) is 7.05. The lowest BCUT2D eigenvalue weighted by Crippen LogP contribution is -2.40. The molecule has 5 nitrogen and oxygen atoms in total. The van der Waals surface area contributed by atoms with E-state index < -0.39 is 25.9 Å². The fraction of sp³-hybridized carbons (Fsp3) is 0.478. The first-order valence-electron chi connectivity index (χ1n) is 10.4. The van der Waals surface area contributed by atoms with E-state index in [0.29, 0.717) is 29.5 Å². The number of pyridine rings is 1. The largest absolute Gasteiger partial charge is 0.465 e. The van der Waals surface area contributed by atoms with Crippen LogP contribution in [0.2, 0.25) is 18.1 Å². The number of carbonyl (C=O) groups excluding carboxylic acids is 1. The molecule has 1 aromatic heterocycles. The van der Waals surface area contributed by atoms with Crippen molar-refractivity contribution in [2.24, 2.45) is 0 Å². The first-order chi connectivity index (χ1) is 14.9. The quantitative estimate of drug-likeness (QED) is 0.198. The van der Waals surface area contributed by atoms with Gasteiger partial charge in [-0.25, -0.2) is 18.6 Å². The van der Waals surface area contributed by atoms with Crippen LogP contribution in [0.25, 0.3) is 0 Å². The van der Waals surface area contributed by atoms with Gasteiger partial charge in [0, 0.05) is 24.4 Å². The summed E-state index contributed by atoms with van der Waals surface area (Å²) in [6, 6.07) is 3.51. The van der Waals surface area contributed by atoms with Crippen molar-refractivity contribution in [1.82, 2.24) is 4.98 Å². The lowest BCUT2D eigenvalue weighted by atomic mass is 10.1. The number of rotatable bonds is 9. The molecule has 2 aromatic rings. The average Bonchev–Trinajstić information content (AvgIpc) is 2.69. The monoisotopic (exact) mass is 529 g/mol. The number of halogens is 3. The van der Waals surface area contributed by atoms with E-state index in [9.17, 15) is 13.6 Å². The Morgan fingerprint density at radius 3 is 2.44 bits per heavy atom. The summed E-state index contributed by atoms with van der Waals surface area (Å²) < 4.78 is 45.3. The molecule has 176 valence electrons. The van der Waals surface area contributed by atoms with Gasteiger partial charge in [0.15, 0.2) is 19.9 Å². The van der Waals surface area contributed by atoms with E-state index in [-0.39, 0.29) is 22.2 Å². The van der Waals surface area contributed by atoms with E-state index in [4.69, 9.17) is 9.16 Å². The highest BCUT2D eigenvalue weighted by atomic mass is 79.9. The summed E-state index contributed by atoms with van der Waals surface area (Å²) in [5.41, 5.74) is 0.619. The summed E-state index contributed by atoms with van der Waals surface area (Å²) in [6.07, 6.45) is 3.14. The number of benzene rings is 1. The molecule has 32 heavy (non-hydrogen) atoms. The summed E-state index contributed by atoms with van der Waals surface area (Å²) in [4.78, 5) is 15.7. The summed E-state index contributed by atoms with van der Waals surface area (Å²) in [5.74, 6) is -2.07. The van der Waals surface area contributed by atoms with E-state index in [2.05, 4.69) is 59.5 Å². The van der Waals surface area contributed by atoms with Crippen molar-refractivity contribution < 1.29 is 27.5 Å². The average molecular weight is 530 g/mol. The van der Waals surface area contributed by atoms with Crippen LogP contribution >= 0.6 is 15.9 Å². The van der Waals surface area contributed by atoms with Crippen LogP contribution in [-0.4, -0.2) is 33.0 Å². The second kappa shape index (κ2) is 10.9. The summed E-state index contributed by atoms with van der Waals surface area (Å²) >= 11 is 3.27. The normalized spacial score (nSPS) is 12.0. The van der Waals surface area contributed by atoms with Crippen molar-refractivity contribution in [2.75, 3.05) is 13.7 Å². The molecule has 0 unspecified atom stereocenters. The van der Waals surface area contributed by atoms with E-state index in [1.165, 1.54) is 25.4 Å². The Bertz CT molecular complexity index is 964. The Kier molecular flexibility index (Phi) is 8.95. The molecule has 1 aromatic carbocycles. The standard InChI is InChI=1S/C23H30BrF2NO4Si/c1-23(2,3)32(5,6)30-10-8-7-9-15-11-17(25)13-19(26)20(15)31-21-18(24)12-16(14-27-21)22(28)29-4/h11-14H,7-10H2,1-6H3. The minimum Gasteiger partial charge on any atom is -0.465 e. The molecule has 0 aliphatic rings. The van der Waals surface area contributed by atoms with Crippen LogP contribution in [0, 0.1) is 11.6 Å². The van der Waals surface area contributed by atoms with Gasteiger partial charge < -0.3 is 13.9 Å². The highest BCUT2D eigenvalue weighted by Crippen LogP contribution is 2.37. The molecule has 0 N–H and O–H groups in total. The molecule has 0 bridgehead atoms. The van der Waals surface area contributed by atoms with Gasteiger partial charge >= 0.3 is 5.97 Å². The van der Waals surface area contributed by atoms with Gasteiger partial charge in [-0.1, -0.05) is 20.8 Å². The van der Waals surface area contributed by atoms with Crippen LogP contribution in [-0.2, 0) is 15.6 Å². The van der Waals surface area contributed by atoms with Gasteiger partial charge in [-0.3, -0.25) is 0 Å². The van der Waals surface area contributed by atoms with Crippen molar-refractivity contribution in [2.45, 2.75) is 58.2 Å². The third-order valence-electron chi connectivity index (χ3n) is 5.62. The topological polar surface area (TPSA) is 57.7 Å². The molecule has 0 radical (unpaired) electrons. The zero-order chi connectivity index (χ0) is 24.1. The summed E-state index contributed by atoms with van der Waals surface area (Å²) in [6.45, 7) is 11.5. The molecule has 9 heteroatoms. The Labute approximate surface area is 197 Å². The maximum Gasteiger partial charge on any atom is 0.339 e. The van der Waals surface area contributed by atoms with Gasteiger partial charge in [0.25, 0.3) is 0 Å². The second-order valence-corrected chi connectivity index (χ2v) is 14.7. The van der Waals surface area contributed by atoms with E-state index in [1.807, 2.05) is 0 Å². The number of methoxy groups -OCH3 is 1. The van der Waals surface area contributed by atoms with Crippen LogP contribution in [0.3, 0.4) is 0 Å². The van der Waals surface area contributed by atoms with Crippen molar-refractivity contribution in [3.05, 3.63) is 51.6 Å². The van der Waals surface area contributed by atoms with Gasteiger partial charge in [-0.2, -0.15) is 0 Å². The van der Waals surface area contributed by atoms with E-state index in [0.717, 1.165) is 12.5 Å². The van der Waals surface area contributed by atoms with Crippen molar-refractivity contribution >= 4 is 30.2 Å². The number of hydrogen-bond acceptors (Lipinski definition) is 5. The van der Waals surface area contributed by atoms with E-state index in [1.54, 1.807) is 0 Å². The molecule has 0 aliphatic carbocycles. The third-order valence-corrected chi connectivity index (χ3v) is 10.7. The molecule has 0 aliphatic heterocycles. The fourth-order valence-corrected chi connectivity index (χ4v) is 4.22. The lowest BCUT2D eigenvalue weighted by Gasteiger charge is -2.36. The number of nitrogens with zero attached hydrogens (tertiary/aromatic N) is 1. The number of aromatic nitrogens is 1. The summed E-state index contributed by atoms with van der Waals surface area (Å²) in [7, 11) is -0.565. The smallest absolute Gasteiger partial charge is 0.339 e. The number of carbonyl (C=O) groups is 1. The van der Waals surface area contributed by atoms with Gasteiger partial charge in [0.2, 0.25) is 5.88 Å². The van der Waals surface area contributed by atoms with Crippen molar-refractivity contribution in [1.29, 1.82) is 0 Å². The molecule has 1 heterocycles. The van der Waals surface area contributed by atoms with Crippen LogP contribution in [0.15, 0.2) is 28.9 Å². The molecule has 0 saturated heterocycles. The Hall–Kier alpha value is -1.84. The molecule has 0 fully saturated rings. The van der Waals surface area contributed by atoms with Gasteiger partial charge in [0.05, 0.1) is 17.1 Å². The molecule has 0 atom stereocenters. The Morgan fingerprint density at radius 1 is 1.16 bits per heavy atom. The maximum atomic E-state index is 14.6. The Balaban J connectivity index is 2.10. The Morgan fingerprint density at radius 2 is 1.84 bits per heavy atom. The van der Waals surface area contributed by atoms with Gasteiger partial charge in [-0.05, 0) is 65.5 Å². The minimum atomic E-state index is -1.83. The molecular weight excluding hydrogens is 500 g/mol. The zero-order valence-corrected chi connectivity index (χ0v) is 21.9. The van der Waals surface area contributed by atoms with Crippen LogP contribution in [0.5, 0.6) is 11.6 Å². The van der Waals surface area contributed by atoms with Crippen LogP contribution in [0.4, 0.5) is 8.78 Å². The number of unbranched alkanes of at least 4 members (excludes halogenated alkanes) is 1. The van der Waals surface area contributed by atoms with Crippen molar-refractivity contribution in [3.8, 4) is 11.6 Å². The molecular formula is C23H30BrF2NO4Si. The number of aryl methyl sites for hydroxylation is 1. The third kappa shape index (κ3) is 6.83. The molecule has 0 spiro atoms. The molecule has 0 saturated carbocycles. The summed E-state index contributed by atoms with van der Waals surface area (Å²) in [5, 5.41) is 0.128. The zero-order valence-electron chi connectivity index (χ0n) is 19.4. The highest BCUT2D eigenvalue weighted by Gasteiger charge is 2.36. The van der Waals surface area contributed by atoms with E-state index >= 15 is 0 Å². The molecule has 2 rings (SSSR count). The SMILES string of the molecule is COC(=O)c1cnc(Oc2c(F)cc(F)cc2CCCCO[Si](C)(C)C(C)(C)C)c(Br)c1. The van der Waals surface area contributed by atoms with Gasteiger partial charge in [-0.15, -0.1) is 0 Å². The van der Waals surface area contributed by atoms with Crippen LogP contribution < -0.4 is 4.74 Å². The number of ether oxygens (including phenoxy) is 2. The minimum absolute atomic E-state index is 0.0608. The van der Waals surface area contributed by atoms with Crippen molar-refractivity contribution in [3.63, 3.8) is 0 Å². The molecule has 0 amide bonds. The maximum absolute atomic E-state index is 14.6.